The molecule has 0 radical (unpaired) electrons. The van der Waals surface area contributed by atoms with E-state index in [1.54, 1.807) is 18.3 Å². The van der Waals surface area contributed by atoms with Crippen LogP contribution in [0.3, 0.4) is 0 Å². The van der Waals surface area contributed by atoms with Gasteiger partial charge in [-0.1, -0.05) is 18.2 Å². The van der Waals surface area contributed by atoms with Gasteiger partial charge in [0.15, 0.2) is 0 Å². The molecule has 152 valence electrons. The number of hydrogen-bond donors (Lipinski definition) is 2. The average Bonchev–Trinajstić information content (AvgIpc) is 3.38. The summed E-state index contributed by atoms with van der Waals surface area (Å²) in [5, 5.41) is 9.77. The molecule has 0 atom stereocenters. The monoisotopic (exact) mass is 410 g/mol. The predicted octanol–water partition coefficient (Wildman–Crippen LogP) is 6.40. The summed E-state index contributed by atoms with van der Waals surface area (Å²) in [5.41, 5.74) is 2.88. The Kier molecular flexibility index (Phi) is 6.20. The van der Waals surface area contributed by atoms with Crippen molar-refractivity contribution in [2.24, 2.45) is 0 Å². The first-order valence-corrected chi connectivity index (χ1v) is 11.0. The molecule has 3 aromatic rings. The molecule has 2 N–H and O–H groups in total. The van der Waals surface area contributed by atoms with Crippen LogP contribution in [0.5, 0.6) is 5.75 Å². The van der Waals surface area contributed by atoms with E-state index < -0.39 is 6.09 Å². The molecule has 1 aliphatic carbocycles. The summed E-state index contributed by atoms with van der Waals surface area (Å²) in [6.45, 7) is 2.85. The number of amides is 1. The molecule has 4 rings (SSSR count). The van der Waals surface area contributed by atoms with E-state index in [2.05, 4.69) is 40.3 Å². The van der Waals surface area contributed by atoms with Crippen molar-refractivity contribution in [3.8, 4) is 5.75 Å². The normalized spacial score (nSPS) is 14.1. The topological polar surface area (TPSA) is 59.6 Å². The summed E-state index contributed by atoms with van der Waals surface area (Å²) in [6.07, 6.45) is 4.22. The Morgan fingerprint density at radius 1 is 1.17 bits per heavy atom. The van der Waals surface area contributed by atoms with Gasteiger partial charge < -0.3 is 14.8 Å². The van der Waals surface area contributed by atoms with Crippen LogP contribution >= 0.6 is 11.3 Å². The fraction of sp³-hybridized carbons (Fsp3) is 0.348. The minimum absolute atomic E-state index is 0.203. The minimum Gasteiger partial charge on any atom is -0.488 e. The van der Waals surface area contributed by atoms with E-state index in [0.29, 0.717) is 18.0 Å². The van der Waals surface area contributed by atoms with Crippen LogP contribution in [-0.4, -0.2) is 18.8 Å². The van der Waals surface area contributed by atoms with Gasteiger partial charge in [-0.15, -0.1) is 11.3 Å². The summed E-state index contributed by atoms with van der Waals surface area (Å²) in [5.74, 6) is 0.685. The number of thiophene rings is 1. The minimum atomic E-state index is -0.464. The molecule has 0 saturated heterocycles. The zero-order chi connectivity index (χ0) is 20.1. The molecule has 1 saturated carbocycles. The Hall–Kier alpha value is -2.73. The Morgan fingerprint density at radius 2 is 2.00 bits per heavy atom. The zero-order valence-electron chi connectivity index (χ0n) is 16.6. The number of ether oxygens (including phenoxy) is 2. The number of anilines is 2. The molecule has 1 aliphatic rings. The van der Waals surface area contributed by atoms with Gasteiger partial charge >= 0.3 is 6.09 Å². The number of rotatable bonds is 7. The van der Waals surface area contributed by atoms with Crippen molar-refractivity contribution in [2.45, 2.75) is 45.3 Å². The van der Waals surface area contributed by atoms with Crippen molar-refractivity contribution in [2.75, 3.05) is 17.2 Å². The molecule has 0 aliphatic heterocycles. The van der Waals surface area contributed by atoms with Gasteiger partial charge in [0, 0.05) is 23.0 Å². The molecule has 0 unspecified atom stereocenters. The highest BCUT2D eigenvalue weighted by Crippen LogP contribution is 2.33. The second kappa shape index (κ2) is 9.18. The van der Waals surface area contributed by atoms with E-state index >= 15 is 0 Å². The number of carbonyl (C=O) groups is 1. The van der Waals surface area contributed by atoms with Crippen LogP contribution in [0.25, 0.3) is 10.1 Å². The Morgan fingerprint density at radius 3 is 2.83 bits per heavy atom. The molecule has 5 nitrogen and oxygen atoms in total. The van der Waals surface area contributed by atoms with Gasteiger partial charge in [0.1, 0.15) is 5.75 Å². The highest BCUT2D eigenvalue weighted by atomic mass is 32.1. The third-order valence-electron chi connectivity index (χ3n) is 5.13. The number of nitrogens with one attached hydrogen (secondary N) is 2. The van der Waals surface area contributed by atoms with Crippen molar-refractivity contribution in [3.63, 3.8) is 0 Å². The van der Waals surface area contributed by atoms with Crippen LogP contribution in [0.15, 0.2) is 47.8 Å². The van der Waals surface area contributed by atoms with Gasteiger partial charge in [0.05, 0.1) is 18.4 Å². The van der Waals surface area contributed by atoms with E-state index in [1.165, 1.54) is 28.5 Å². The van der Waals surface area contributed by atoms with Crippen molar-refractivity contribution in [1.82, 2.24) is 0 Å². The first kappa shape index (κ1) is 19.6. The molecular weight excluding hydrogens is 384 g/mol. The molecule has 1 fully saturated rings. The highest BCUT2D eigenvalue weighted by Gasteiger charge is 2.19. The van der Waals surface area contributed by atoms with Gasteiger partial charge in [-0.2, -0.15) is 0 Å². The van der Waals surface area contributed by atoms with E-state index in [1.807, 2.05) is 18.2 Å². The maximum Gasteiger partial charge on any atom is 0.411 e. The highest BCUT2D eigenvalue weighted by molar-refractivity contribution is 7.17. The van der Waals surface area contributed by atoms with Crippen LogP contribution in [0.4, 0.5) is 16.2 Å². The Balaban J connectivity index is 1.51. The quantitative estimate of drug-likeness (QED) is 0.473. The van der Waals surface area contributed by atoms with Crippen LogP contribution in [0.1, 0.15) is 38.2 Å². The lowest BCUT2D eigenvalue weighted by Crippen LogP contribution is -2.17. The lowest BCUT2D eigenvalue weighted by molar-refractivity contribution is 0.167. The molecule has 6 heteroatoms. The molecule has 1 aromatic heterocycles. The van der Waals surface area contributed by atoms with Gasteiger partial charge in [0.2, 0.25) is 0 Å². The van der Waals surface area contributed by atoms with Crippen LogP contribution < -0.4 is 15.4 Å². The number of carbonyl (C=O) groups excluding carboxylic acids is 1. The molecule has 1 amide bonds. The number of fused-ring (bicyclic) bond motifs is 1. The predicted molar refractivity (Wildman–Crippen MR) is 119 cm³/mol. The third kappa shape index (κ3) is 4.82. The molecule has 0 bridgehead atoms. The fourth-order valence-electron chi connectivity index (χ4n) is 3.66. The maximum absolute atomic E-state index is 11.9. The van der Waals surface area contributed by atoms with E-state index in [-0.39, 0.29) is 6.10 Å². The number of hydrogen-bond acceptors (Lipinski definition) is 5. The standard InChI is InChI=1S/C23H26N2O3S/c1-2-27-23(26)25-20-12-11-17(13-21(20)28-18-7-3-4-8-18)24-14-16-15-29-22-10-6-5-9-19(16)22/h5-6,9-13,15,18,24H,2-4,7-8,14H2,1H3,(H,25,26). The second-order valence-corrected chi connectivity index (χ2v) is 8.10. The molecular formula is C23H26N2O3S. The van der Waals surface area contributed by atoms with Crippen LogP contribution in [0.2, 0.25) is 0 Å². The summed E-state index contributed by atoms with van der Waals surface area (Å²) >= 11 is 1.76. The third-order valence-corrected chi connectivity index (χ3v) is 6.15. The van der Waals surface area contributed by atoms with E-state index in [4.69, 9.17) is 9.47 Å². The average molecular weight is 411 g/mol. The van der Waals surface area contributed by atoms with Gasteiger partial charge in [-0.05, 0) is 67.1 Å². The molecule has 1 heterocycles. The van der Waals surface area contributed by atoms with Crippen LogP contribution in [-0.2, 0) is 11.3 Å². The second-order valence-electron chi connectivity index (χ2n) is 7.19. The summed E-state index contributed by atoms with van der Waals surface area (Å²) in [6, 6.07) is 14.2. The lowest BCUT2D eigenvalue weighted by atomic mass is 10.1. The zero-order valence-corrected chi connectivity index (χ0v) is 17.4. The SMILES string of the molecule is CCOC(=O)Nc1ccc(NCc2csc3ccccc23)cc1OC1CCCC1. The van der Waals surface area contributed by atoms with Crippen molar-refractivity contribution >= 4 is 38.9 Å². The van der Waals surface area contributed by atoms with Crippen LogP contribution in [0, 0.1) is 0 Å². The van der Waals surface area contributed by atoms with E-state index in [0.717, 1.165) is 25.1 Å². The van der Waals surface area contributed by atoms with Crippen molar-refractivity contribution < 1.29 is 14.3 Å². The maximum atomic E-state index is 11.9. The summed E-state index contributed by atoms with van der Waals surface area (Å²) in [7, 11) is 0. The largest absolute Gasteiger partial charge is 0.488 e. The van der Waals surface area contributed by atoms with E-state index in [9.17, 15) is 4.79 Å². The van der Waals surface area contributed by atoms with Gasteiger partial charge in [-0.25, -0.2) is 4.79 Å². The molecule has 29 heavy (non-hydrogen) atoms. The summed E-state index contributed by atoms with van der Waals surface area (Å²) < 4.78 is 12.5. The lowest BCUT2D eigenvalue weighted by Gasteiger charge is -2.18. The van der Waals surface area contributed by atoms with Gasteiger partial charge in [-0.3, -0.25) is 5.32 Å². The van der Waals surface area contributed by atoms with Gasteiger partial charge in [0.25, 0.3) is 0 Å². The first-order valence-electron chi connectivity index (χ1n) is 10.2. The summed E-state index contributed by atoms with van der Waals surface area (Å²) in [4.78, 5) is 11.9. The van der Waals surface area contributed by atoms with Crippen molar-refractivity contribution in [1.29, 1.82) is 0 Å². The molecule has 2 aromatic carbocycles. The fourth-order valence-corrected chi connectivity index (χ4v) is 4.63. The molecule has 0 spiro atoms. The smallest absolute Gasteiger partial charge is 0.411 e. The first-order chi connectivity index (χ1) is 14.2. The number of benzene rings is 2. The Labute approximate surface area is 175 Å². The Bertz CT molecular complexity index is 979. The van der Waals surface area contributed by atoms with Crippen molar-refractivity contribution in [3.05, 3.63) is 53.4 Å².